The summed E-state index contributed by atoms with van der Waals surface area (Å²) in [5.74, 6) is 0. The first kappa shape index (κ1) is 17.7. The molecule has 0 saturated heterocycles. The van der Waals surface area contributed by atoms with Gasteiger partial charge in [0.15, 0.2) is 0 Å². The molecule has 0 saturated carbocycles. The quantitative estimate of drug-likeness (QED) is 0.456. The lowest BCUT2D eigenvalue weighted by Crippen LogP contribution is -3.00. The van der Waals surface area contributed by atoms with Gasteiger partial charge in [-0.05, 0) is 53.8 Å². The minimum atomic E-state index is 0. The molecule has 2 aromatic carbocycles. The summed E-state index contributed by atoms with van der Waals surface area (Å²) in [6, 6.07) is 17.2. The van der Waals surface area contributed by atoms with Crippen LogP contribution >= 0.6 is 23.4 Å². The van der Waals surface area contributed by atoms with E-state index in [9.17, 15) is 0 Å². The molecule has 2 aliphatic rings. The van der Waals surface area contributed by atoms with Crippen molar-refractivity contribution in [3.63, 3.8) is 0 Å². The predicted molar refractivity (Wildman–Crippen MR) is 106 cm³/mol. The average Bonchev–Trinajstić information content (AvgIpc) is 2.99. The minimum absolute atomic E-state index is 0. The molecule has 0 aliphatic carbocycles. The number of thioether (sulfide) groups is 1. The number of fused-ring (bicyclic) bond motifs is 1. The Kier molecular flexibility index (Phi) is 4.64. The van der Waals surface area contributed by atoms with E-state index in [0.29, 0.717) is 0 Å². The van der Waals surface area contributed by atoms with Crippen molar-refractivity contribution in [2.45, 2.75) is 17.7 Å². The molecule has 0 unspecified atom stereocenters. The maximum Gasteiger partial charge on any atom is 0.275 e. The summed E-state index contributed by atoms with van der Waals surface area (Å²) in [6.45, 7) is 1.09. The molecule has 0 radical (unpaired) electrons. The Hall–Kier alpha value is -1.68. The summed E-state index contributed by atoms with van der Waals surface area (Å²) in [7, 11) is 2.01. The number of hydrogen-bond donors (Lipinski definition) is 0. The molecule has 0 bridgehead atoms. The molecule has 0 N–H and O–H groups in total. The minimum Gasteiger partial charge on any atom is -1.00 e. The van der Waals surface area contributed by atoms with Gasteiger partial charge in [-0.2, -0.15) is 4.57 Å². The van der Waals surface area contributed by atoms with Gasteiger partial charge in [0, 0.05) is 23.6 Å². The zero-order valence-corrected chi connectivity index (χ0v) is 16.7. The summed E-state index contributed by atoms with van der Waals surface area (Å²) in [5.41, 5.74) is 5.23. The van der Waals surface area contributed by atoms with E-state index in [1.165, 1.54) is 45.0 Å². The highest BCUT2D eigenvalue weighted by atomic mass is 35.5. The van der Waals surface area contributed by atoms with Gasteiger partial charge in [0.2, 0.25) is 5.52 Å². The van der Waals surface area contributed by atoms with E-state index in [1.54, 1.807) is 0 Å². The molecule has 3 heterocycles. The van der Waals surface area contributed by atoms with Crippen molar-refractivity contribution in [1.29, 1.82) is 0 Å². The number of benzene rings is 2. The number of para-hydroxylation sites is 2. The Morgan fingerprint density at radius 3 is 2.88 bits per heavy atom. The second-order valence-corrected chi connectivity index (χ2v) is 8.05. The maximum atomic E-state index is 6.49. The fourth-order valence-corrected chi connectivity index (χ4v) is 5.27. The standard InChI is InChI=1S/C21H18ClN2S.ClH/c1-23-17-9-3-2-8-16(17)15(12-19(23)22)13-20-24-11-5-7-14-6-4-10-18(25-20)21(14)24;/h2-4,6,8-10,12-13H,5,7,11H2,1H3;1H/q+1;/p-1. The summed E-state index contributed by atoms with van der Waals surface area (Å²) >= 11 is 8.36. The second-order valence-electron chi connectivity index (χ2n) is 6.60. The van der Waals surface area contributed by atoms with E-state index in [1.807, 2.05) is 23.4 Å². The highest BCUT2D eigenvalue weighted by Crippen LogP contribution is 2.50. The number of halogens is 2. The van der Waals surface area contributed by atoms with Gasteiger partial charge in [0.05, 0.1) is 16.1 Å². The molecule has 0 fully saturated rings. The van der Waals surface area contributed by atoms with Crippen LogP contribution in [-0.4, -0.2) is 6.54 Å². The van der Waals surface area contributed by atoms with Gasteiger partial charge >= 0.3 is 0 Å². The third-order valence-corrected chi connectivity index (χ3v) is 6.57. The summed E-state index contributed by atoms with van der Waals surface area (Å²) in [4.78, 5) is 3.86. The number of pyridine rings is 1. The first-order valence-corrected chi connectivity index (χ1v) is 9.78. The van der Waals surface area contributed by atoms with Gasteiger partial charge in [0.25, 0.3) is 5.15 Å². The lowest BCUT2D eigenvalue weighted by atomic mass is 10.0. The van der Waals surface area contributed by atoms with Gasteiger partial charge < -0.3 is 17.3 Å². The summed E-state index contributed by atoms with van der Waals surface area (Å²) in [5, 5.41) is 3.29. The Bertz CT molecular complexity index is 1050. The van der Waals surface area contributed by atoms with Gasteiger partial charge in [0.1, 0.15) is 7.05 Å². The van der Waals surface area contributed by atoms with Gasteiger partial charge in [-0.15, -0.1) is 0 Å². The van der Waals surface area contributed by atoms with Crippen LogP contribution in [0, 0.1) is 0 Å². The van der Waals surface area contributed by atoms with E-state index < -0.39 is 0 Å². The molecule has 1 aromatic heterocycles. The van der Waals surface area contributed by atoms with Crippen LogP contribution in [0.4, 0.5) is 5.69 Å². The fourth-order valence-electron chi connectivity index (χ4n) is 3.87. The second kappa shape index (κ2) is 6.80. The average molecular weight is 401 g/mol. The highest BCUT2D eigenvalue weighted by molar-refractivity contribution is 8.03. The molecule has 2 aliphatic heterocycles. The van der Waals surface area contributed by atoms with Crippen molar-refractivity contribution >= 4 is 46.0 Å². The molecule has 3 aromatic rings. The third kappa shape index (κ3) is 2.70. The molecule has 0 amide bonds. The van der Waals surface area contributed by atoms with Crippen molar-refractivity contribution in [1.82, 2.24) is 0 Å². The fraction of sp³-hybridized carbons (Fsp3) is 0.190. The molecule has 132 valence electrons. The molecule has 26 heavy (non-hydrogen) atoms. The van der Waals surface area contributed by atoms with E-state index in [2.05, 4.69) is 59.5 Å². The van der Waals surface area contributed by atoms with Crippen molar-refractivity contribution in [2.24, 2.45) is 7.05 Å². The molecular weight excluding hydrogens is 383 g/mol. The maximum absolute atomic E-state index is 6.49. The van der Waals surface area contributed by atoms with Gasteiger partial charge in [-0.25, -0.2) is 0 Å². The molecule has 0 spiro atoms. The molecule has 5 rings (SSSR count). The Morgan fingerprint density at radius 2 is 2.00 bits per heavy atom. The van der Waals surface area contributed by atoms with Crippen LogP contribution in [0.1, 0.15) is 17.5 Å². The molecule has 5 heteroatoms. The smallest absolute Gasteiger partial charge is 0.275 e. The zero-order valence-electron chi connectivity index (χ0n) is 14.4. The van der Waals surface area contributed by atoms with Crippen LogP contribution in [0.25, 0.3) is 17.0 Å². The predicted octanol–water partition coefficient (Wildman–Crippen LogP) is 2.18. The van der Waals surface area contributed by atoms with Crippen molar-refractivity contribution < 1.29 is 17.0 Å². The van der Waals surface area contributed by atoms with E-state index in [-0.39, 0.29) is 12.4 Å². The largest absolute Gasteiger partial charge is 1.00 e. The van der Waals surface area contributed by atoms with E-state index in [0.717, 1.165) is 17.2 Å². The van der Waals surface area contributed by atoms with Crippen LogP contribution in [0.5, 0.6) is 0 Å². The van der Waals surface area contributed by atoms with E-state index >= 15 is 0 Å². The Balaban J connectivity index is 0.00000168. The number of aromatic nitrogens is 1. The summed E-state index contributed by atoms with van der Waals surface area (Å²) in [6.07, 6.45) is 4.69. The monoisotopic (exact) mass is 400 g/mol. The first-order chi connectivity index (χ1) is 12.2. The summed E-state index contributed by atoms with van der Waals surface area (Å²) < 4.78 is 2.04. The SMILES string of the molecule is C[n+]1c(Cl)cc(C=C2Sc3cccc4c3N2CCC4)c2ccccc21.[Cl-]. The van der Waals surface area contributed by atoms with Crippen molar-refractivity contribution in [2.75, 3.05) is 11.4 Å². The van der Waals surface area contributed by atoms with Crippen LogP contribution < -0.4 is 21.9 Å². The molecule has 0 atom stereocenters. The number of rotatable bonds is 1. The van der Waals surface area contributed by atoms with Crippen LogP contribution in [0.15, 0.2) is 58.5 Å². The lowest BCUT2D eigenvalue weighted by Gasteiger charge is -2.27. The zero-order chi connectivity index (χ0) is 17.0. The number of anilines is 1. The van der Waals surface area contributed by atoms with Gasteiger partial charge in [-0.3, -0.25) is 0 Å². The lowest BCUT2D eigenvalue weighted by molar-refractivity contribution is -0.642. The van der Waals surface area contributed by atoms with Gasteiger partial charge in [-0.1, -0.05) is 36.0 Å². The molecule has 2 nitrogen and oxygen atoms in total. The number of aryl methyl sites for hydroxylation is 2. The van der Waals surface area contributed by atoms with Crippen LogP contribution in [0.3, 0.4) is 0 Å². The Labute approximate surface area is 168 Å². The van der Waals surface area contributed by atoms with Crippen molar-refractivity contribution in [3.05, 3.63) is 69.8 Å². The topological polar surface area (TPSA) is 7.12 Å². The van der Waals surface area contributed by atoms with E-state index in [4.69, 9.17) is 11.6 Å². The highest BCUT2D eigenvalue weighted by Gasteiger charge is 2.30. The van der Waals surface area contributed by atoms with Crippen LogP contribution in [-0.2, 0) is 13.5 Å². The normalized spacial score (nSPS) is 16.7. The van der Waals surface area contributed by atoms with Crippen LogP contribution in [0.2, 0.25) is 5.15 Å². The number of nitrogens with zero attached hydrogens (tertiary/aromatic N) is 2. The number of hydrogen-bond acceptors (Lipinski definition) is 2. The third-order valence-electron chi connectivity index (χ3n) is 5.11. The Morgan fingerprint density at radius 1 is 1.15 bits per heavy atom. The first-order valence-electron chi connectivity index (χ1n) is 8.58. The van der Waals surface area contributed by atoms with Crippen molar-refractivity contribution in [3.8, 4) is 0 Å². The molecular formula is C21H18Cl2N2S.